The van der Waals surface area contributed by atoms with E-state index in [1.54, 1.807) is 12.1 Å². The van der Waals surface area contributed by atoms with Crippen LogP contribution in [-0.2, 0) is 19.6 Å². The summed E-state index contributed by atoms with van der Waals surface area (Å²) in [7, 11) is 0. The Kier molecular flexibility index (Phi) is 7.94. The van der Waals surface area contributed by atoms with Crippen LogP contribution in [0.4, 0.5) is 13.2 Å². The monoisotopic (exact) mass is 515 g/mol. The van der Waals surface area contributed by atoms with Gasteiger partial charge >= 0.3 is 11.9 Å². The number of aldehydes is 1. The minimum atomic E-state index is -4.47. The van der Waals surface area contributed by atoms with Crippen LogP contribution in [0.25, 0.3) is 11.4 Å². The van der Waals surface area contributed by atoms with Crippen molar-refractivity contribution >= 4 is 29.5 Å². The van der Waals surface area contributed by atoms with Crippen molar-refractivity contribution in [1.29, 1.82) is 0 Å². The van der Waals surface area contributed by atoms with Crippen LogP contribution < -0.4 is 11.4 Å². The number of hydrogen-bond acceptors (Lipinski definition) is 6. The number of nitrogens with zero attached hydrogens (tertiary/aromatic N) is 6. The van der Waals surface area contributed by atoms with Crippen LogP contribution >= 0.6 is 23.2 Å². The van der Waals surface area contributed by atoms with Crippen LogP contribution in [0.2, 0.25) is 5.02 Å². The smallest absolute Gasteiger partial charge is 0.390 e. The molecule has 0 bridgehead atoms. The fourth-order valence-electron chi connectivity index (χ4n) is 2.96. The van der Waals surface area contributed by atoms with E-state index in [9.17, 15) is 22.8 Å². The van der Waals surface area contributed by atoms with Gasteiger partial charge in [0.05, 0.1) is 13.0 Å². The number of allylic oxidation sites excluding steroid dienone is 3. The van der Waals surface area contributed by atoms with Gasteiger partial charge in [-0.05, 0) is 42.6 Å². The van der Waals surface area contributed by atoms with E-state index >= 15 is 0 Å². The van der Waals surface area contributed by atoms with E-state index in [-0.39, 0.29) is 30.6 Å². The average molecular weight is 516 g/mol. The predicted octanol–water partition coefficient (Wildman–Crippen LogP) is 3.37. The van der Waals surface area contributed by atoms with Gasteiger partial charge in [0.15, 0.2) is 23.8 Å². The van der Waals surface area contributed by atoms with Crippen LogP contribution in [0.3, 0.4) is 0 Å². The molecule has 9 nitrogen and oxygen atoms in total. The molecular formula is C20H18Cl2F3N7O2. The van der Waals surface area contributed by atoms with E-state index in [0.29, 0.717) is 21.9 Å². The van der Waals surface area contributed by atoms with Gasteiger partial charge in [-0.1, -0.05) is 23.2 Å². The van der Waals surface area contributed by atoms with Crippen molar-refractivity contribution in [1.82, 2.24) is 29.1 Å². The molecule has 0 saturated heterocycles. The molecule has 0 saturated carbocycles. The van der Waals surface area contributed by atoms with Gasteiger partial charge in [0.1, 0.15) is 6.54 Å². The molecule has 2 N–H and O–H groups in total. The number of alkyl halides is 3. The highest BCUT2D eigenvalue weighted by Gasteiger charge is 2.28. The summed E-state index contributed by atoms with van der Waals surface area (Å²) in [5, 5.41) is 9.08. The largest absolute Gasteiger partial charge is 0.405 e. The maximum Gasteiger partial charge on any atom is 0.390 e. The Hall–Kier alpha value is -3.38. The first-order chi connectivity index (χ1) is 16.1. The topological polar surface area (TPSA) is 114 Å². The summed E-state index contributed by atoms with van der Waals surface area (Å²) in [6, 6.07) is 6.16. The Labute approximate surface area is 200 Å². The number of aromatic nitrogens is 6. The second-order valence-corrected chi connectivity index (χ2v) is 7.79. The standard InChI is InChI=1S/C20H18Cl2F3N7O2/c21-14-3-1-13(2-4-14)18-29-32(19(34)30(18)10-7-20(23,24)25)11-16-27-17(12-33)31(28-16)9-6-15(22)5-8-26/h1-6,8,12H,7,9-11,26H2/b8-5-,15-6+. The predicted molar refractivity (Wildman–Crippen MR) is 119 cm³/mol. The zero-order valence-corrected chi connectivity index (χ0v) is 18.9. The summed E-state index contributed by atoms with van der Waals surface area (Å²) in [4.78, 5) is 28.3. The van der Waals surface area contributed by atoms with Gasteiger partial charge in [0, 0.05) is 22.2 Å². The molecule has 0 radical (unpaired) electrons. The molecule has 0 atom stereocenters. The van der Waals surface area contributed by atoms with E-state index in [1.165, 1.54) is 35.2 Å². The third-order valence-corrected chi connectivity index (χ3v) is 5.03. The molecule has 0 aliphatic rings. The van der Waals surface area contributed by atoms with Crippen LogP contribution in [0.5, 0.6) is 0 Å². The van der Waals surface area contributed by atoms with E-state index in [1.807, 2.05) is 0 Å². The lowest BCUT2D eigenvalue weighted by atomic mass is 10.2. The zero-order valence-electron chi connectivity index (χ0n) is 17.4. The summed E-state index contributed by atoms with van der Waals surface area (Å²) in [6.45, 7) is -0.804. The molecule has 0 unspecified atom stereocenters. The second kappa shape index (κ2) is 10.7. The molecule has 180 valence electrons. The summed E-state index contributed by atoms with van der Waals surface area (Å²) in [6.07, 6.45) is -0.997. The van der Waals surface area contributed by atoms with Gasteiger partial charge in [-0.25, -0.2) is 19.1 Å². The Morgan fingerprint density at radius 3 is 2.47 bits per heavy atom. The molecular weight excluding hydrogens is 498 g/mol. The Bertz CT molecular complexity index is 1270. The number of nitrogens with two attached hydrogens (primary N) is 1. The third kappa shape index (κ3) is 6.35. The molecule has 0 fully saturated rings. The minimum absolute atomic E-state index is 0.0317. The second-order valence-electron chi connectivity index (χ2n) is 6.92. The summed E-state index contributed by atoms with van der Waals surface area (Å²) >= 11 is 11.8. The number of rotatable bonds is 9. The van der Waals surface area contributed by atoms with Crippen molar-refractivity contribution in [3.05, 3.63) is 74.8 Å². The highest BCUT2D eigenvalue weighted by molar-refractivity contribution is 6.31. The maximum absolute atomic E-state index is 12.9. The molecule has 1 aromatic carbocycles. The van der Waals surface area contributed by atoms with Crippen molar-refractivity contribution in [2.75, 3.05) is 0 Å². The normalized spacial score (nSPS) is 12.6. The van der Waals surface area contributed by atoms with E-state index < -0.39 is 24.8 Å². The number of hydrogen-bond donors (Lipinski definition) is 1. The summed E-state index contributed by atoms with van der Waals surface area (Å²) < 4.78 is 41.6. The highest BCUT2D eigenvalue weighted by atomic mass is 35.5. The quantitative estimate of drug-likeness (QED) is 0.345. The molecule has 2 heterocycles. The molecule has 14 heteroatoms. The zero-order chi connectivity index (χ0) is 24.9. The molecule has 0 aliphatic heterocycles. The lowest BCUT2D eigenvalue weighted by Gasteiger charge is -2.08. The van der Waals surface area contributed by atoms with Gasteiger partial charge in [-0.15, -0.1) is 5.10 Å². The lowest BCUT2D eigenvalue weighted by Crippen LogP contribution is -2.27. The third-order valence-electron chi connectivity index (χ3n) is 4.50. The van der Waals surface area contributed by atoms with Gasteiger partial charge in [-0.3, -0.25) is 9.36 Å². The average Bonchev–Trinajstić information content (AvgIpc) is 3.31. The van der Waals surface area contributed by atoms with Crippen LogP contribution in [0.15, 0.2) is 52.4 Å². The van der Waals surface area contributed by atoms with Crippen molar-refractivity contribution in [2.45, 2.75) is 32.2 Å². The fraction of sp³-hybridized carbons (Fsp3) is 0.250. The minimum Gasteiger partial charge on any atom is -0.405 e. The fourth-order valence-corrected chi connectivity index (χ4v) is 3.22. The maximum atomic E-state index is 12.9. The van der Waals surface area contributed by atoms with Crippen molar-refractivity contribution in [3.63, 3.8) is 0 Å². The molecule has 0 amide bonds. The van der Waals surface area contributed by atoms with Gasteiger partial charge < -0.3 is 5.73 Å². The van der Waals surface area contributed by atoms with Crippen LogP contribution in [0.1, 0.15) is 22.9 Å². The SMILES string of the molecule is N/C=C\C(Cl)=C/Cn1nc(Cn2nc(-c3ccc(Cl)cc3)n(CCC(F)(F)F)c2=O)nc1C=O. The Morgan fingerprint density at radius 1 is 1.15 bits per heavy atom. The highest BCUT2D eigenvalue weighted by Crippen LogP contribution is 2.23. The Balaban J connectivity index is 1.95. The summed E-state index contributed by atoms with van der Waals surface area (Å²) in [5.74, 6) is 0.0605. The molecule has 2 aromatic heterocycles. The molecule has 0 spiro atoms. The van der Waals surface area contributed by atoms with Gasteiger partial charge in [-0.2, -0.15) is 18.3 Å². The van der Waals surface area contributed by atoms with Gasteiger partial charge in [0.2, 0.25) is 0 Å². The van der Waals surface area contributed by atoms with Crippen molar-refractivity contribution < 1.29 is 18.0 Å². The number of carbonyl (C=O) groups excluding carboxylic acids is 1. The van der Waals surface area contributed by atoms with E-state index in [2.05, 4.69) is 15.2 Å². The number of benzene rings is 1. The van der Waals surface area contributed by atoms with Crippen LogP contribution in [0, 0.1) is 0 Å². The molecule has 34 heavy (non-hydrogen) atoms. The van der Waals surface area contributed by atoms with E-state index in [4.69, 9.17) is 28.9 Å². The molecule has 3 rings (SSSR count). The Morgan fingerprint density at radius 2 is 1.85 bits per heavy atom. The van der Waals surface area contributed by atoms with E-state index in [0.717, 1.165) is 9.25 Å². The number of halogens is 5. The molecule has 3 aromatic rings. The summed E-state index contributed by atoms with van der Waals surface area (Å²) in [5.41, 5.74) is 4.88. The first-order valence-corrected chi connectivity index (χ1v) is 10.5. The van der Waals surface area contributed by atoms with Crippen LogP contribution in [-0.4, -0.2) is 41.6 Å². The first-order valence-electron chi connectivity index (χ1n) is 9.74. The lowest BCUT2D eigenvalue weighted by molar-refractivity contribution is -0.136. The van der Waals surface area contributed by atoms with Gasteiger partial charge in [0.25, 0.3) is 0 Å². The van der Waals surface area contributed by atoms with Crippen molar-refractivity contribution in [2.24, 2.45) is 5.73 Å². The number of carbonyl (C=O) groups is 1. The molecule has 0 aliphatic carbocycles. The first kappa shape index (κ1) is 25.2. The van der Waals surface area contributed by atoms with Crippen molar-refractivity contribution in [3.8, 4) is 11.4 Å².